The molecule has 4 aromatic rings. The molecule has 2 aromatic carbocycles. The van der Waals surface area contributed by atoms with Crippen molar-refractivity contribution in [2.24, 2.45) is 15.8 Å². The van der Waals surface area contributed by atoms with Gasteiger partial charge in [0.15, 0.2) is 0 Å². The average molecular weight is 1090 g/mol. The van der Waals surface area contributed by atoms with Gasteiger partial charge in [-0.15, -0.1) is 0 Å². The summed E-state index contributed by atoms with van der Waals surface area (Å²) in [6, 6.07) is 15.0. The number of rotatable bonds is 17. The Morgan fingerprint density at radius 2 is 1.06 bits per heavy atom. The molecule has 78 heavy (non-hydrogen) atoms. The SMILES string of the molecule is CC(C)(C)OC(=O)NCC(=O)N1CCC(CO)(C(=O)NCc2ncc[nH]2)CC1.CCc1ccc(N=C=O)cc1.CCc1ccc(NC(=O)OCC2(C(=O)NCc3ncc[nH]3)CCN(C(=O)CNC(=O)OC(C)(C)C)CC2)cc1. The van der Waals surface area contributed by atoms with E-state index in [1.54, 1.807) is 88.3 Å². The predicted molar refractivity (Wildman–Crippen MR) is 287 cm³/mol. The summed E-state index contributed by atoms with van der Waals surface area (Å²) in [6.45, 7) is 15.3. The van der Waals surface area contributed by atoms with Gasteiger partial charge in [-0.05, 0) is 115 Å². The van der Waals surface area contributed by atoms with Gasteiger partial charge in [0, 0.05) is 56.7 Å². The van der Waals surface area contributed by atoms with Crippen LogP contribution in [0.3, 0.4) is 0 Å². The van der Waals surface area contributed by atoms with Crippen molar-refractivity contribution in [3.63, 3.8) is 0 Å². The van der Waals surface area contributed by atoms with Gasteiger partial charge >= 0.3 is 18.3 Å². The van der Waals surface area contributed by atoms with Crippen molar-refractivity contribution in [3.05, 3.63) is 96.1 Å². The number of carbonyl (C=O) groups is 7. The zero-order valence-electron chi connectivity index (χ0n) is 45.9. The number of H-pyrrole nitrogens is 2. The smallest absolute Gasteiger partial charge is 0.411 e. The number of hydrogen-bond acceptors (Lipinski definition) is 15. The molecule has 24 nitrogen and oxygen atoms in total. The van der Waals surface area contributed by atoms with Crippen molar-refractivity contribution in [2.45, 2.75) is 118 Å². The van der Waals surface area contributed by atoms with Crippen LogP contribution in [0.4, 0.5) is 25.8 Å². The third kappa shape index (κ3) is 21.1. The third-order valence-electron chi connectivity index (χ3n) is 12.5. The van der Waals surface area contributed by atoms with Crippen molar-refractivity contribution >= 4 is 59.4 Å². The largest absolute Gasteiger partial charge is 0.448 e. The van der Waals surface area contributed by atoms with Crippen LogP contribution in [-0.2, 0) is 64.1 Å². The number of anilines is 1. The molecule has 0 unspecified atom stereocenters. The van der Waals surface area contributed by atoms with Crippen LogP contribution >= 0.6 is 0 Å². The number of aromatic amines is 2. The van der Waals surface area contributed by atoms with E-state index in [9.17, 15) is 43.5 Å². The number of alkyl carbamates (subject to hydrolysis) is 2. The number of aliphatic hydroxyl groups excluding tert-OH is 1. The molecule has 7 amide bonds. The lowest BCUT2D eigenvalue weighted by atomic mass is 9.78. The number of nitrogens with zero attached hydrogens (tertiary/aromatic N) is 5. The van der Waals surface area contributed by atoms with Gasteiger partial charge in [-0.2, -0.15) is 4.99 Å². The lowest BCUT2D eigenvalue weighted by Gasteiger charge is -2.40. The molecule has 6 rings (SSSR count). The molecule has 2 aliphatic heterocycles. The lowest BCUT2D eigenvalue weighted by molar-refractivity contribution is -0.142. The maximum Gasteiger partial charge on any atom is 0.411 e. The first kappa shape index (κ1) is 62.4. The monoisotopic (exact) mass is 1080 g/mol. The van der Waals surface area contributed by atoms with Crippen LogP contribution in [0.1, 0.15) is 104 Å². The van der Waals surface area contributed by atoms with E-state index in [1.165, 1.54) is 11.6 Å². The number of nitrogens with one attached hydrogen (secondary N) is 7. The molecule has 8 N–H and O–H groups in total. The maximum atomic E-state index is 13.3. The second kappa shape index (κ2) is 30.0. The molecule has 24 heteroatoms. The summed E-state index contributed by atoms with van der Waals surface area (Å²) in [5.74, 6) is 0.118. The minimum absolute atomic E-state index is 0.159. The predicted octanol–water partition coefficient (Wildman–Crippen LogP) is 5.34. The molecular formula is C54H76N12O12. The highest BCUT2D eigenvalue weighted by atomic mass is 16.6. The summed E-state index contributed by atoms with van der Waals surface area (Å²) >= 11 is 0. The second-order valence-corrected chi connectivity index (χ2v) is 20.6. The van der Waals surface area contributed by atoms with Gasteiger partial charge in [0.1, 0.15) is 42.5 Å². The number of piperidine rings is 2. The zero-order valence-corrected chi connectivity index (χ0v) is 45.9. The van der Waals surface area contributed by atoms with Crippen molar-refractivity contribution in [1.29, 1.82) is 0 Å². The van der Waals surface area contributed by atoms with E-state index in [4.69, 9.17) is 14.2 Å². The van der Waals surface area contributed by atoms with Crippen molar-refractivity contribution in [3.8, 4) is 0 Å². The van der Waals surface area contributed by atoms with Gasteiger partial charge in [0.25, 0.3) is 0 Å². The first-order chi connectivity index (χ1) is 37.0. The topological polar surface area (TPSA) is 321 Å². The van der Waals surface area contributed by atoms with Gasteiger partial charge in [0.2, 0.25) is 29.7 Å². The van der Waals surface area contributed by atoms with E-state index in [0.717, 1.165) is 18.4 Å². The Balaban J connectivity index is 0.000000291. The fourth-order valence-electron chi connectivity index (χ4n) is 7.94. The minimum Gasteiger partial charge on any atom is -0.448 e. The number of aromatic nitrogens is 4. The van der Waals surface area contributed by atoms with Crippen molar-refractivity contribution in [1.82, 2.24) is 51.0 Å². The van der Waals surface area contributed by atoms with Crippen LogP contribution in [-0.4, -0.2) is 147 Å². The number of imidazole rings is 2. The van der Waals surface area contributed by atoms with Crippen LogP contribution in [0, 0.1) is 10.8 Å². The first-order valence-corrected chi connectivity index (χ1v) is 25.8. The summed E-state index contributed by atoms with van der Waals surface area (Å²) in [5.41, 5.74) is 0.365. The van der Waals surface area contributed by atoms with Gasteiger partial charge in [-0.1, -0.05) is 38.1 Å². The Morgan fingerprint density at radius 1 is 0.641 bits per heavy atom. The van der Waals surface area contributed by atoms with Gasteiger partial charge in [0.05, 0.1) is 36.2 Å². The molecule has 2 aromatic heterocycles. The zero-order chi connectivity index (χ0) is 57.4. The van der Waals surface area contributed by atoms with E-state index < -0.39 is 40.3 Å². The number of hydrogen-bond donors (Lipinski definition) is 8. The molecule has 0 atom stereocenters. The van der Waals surface area contributed by atoms with E-state index in [-0.39, 0.29) is 89.0 Å². The molecule has 2 fully saturated rings. The first-order valence-electron chi connectivity index (χ1n) is 25.8. The van der Waals surface area contributed by atoms with Crippen LogP contribution in [0.5, 0.6) is 0 Å². The molecule has 2 saturated heterocycles. The fourth-order valence-corrected chi connectivity index (χ4v) is 7.94. The summed E-state index contributed by atoms with van der Waals surface area (Å²) < 4.78 is 15.8. The van der Waals surface area contributed by atoms with Crippen molar-refractivity contribution < 1.29 is 57.7 Å². The molecular weight excluding hydrogens is 1010 g/mol. The quantitative estimate of drug-likeness (QED) is 0.0376. The molecule has 4 heterocycles. The van der Waals surface area contributed by atoms with Crippen molar-refractivity contribution in [2.75, 3.05) is 57.8 Å². The standard InChI is InChI=1S/C27H38N6O6.C18H29N5O5.C9H9NO/c1-5-19-6-8-20(9-7-19)32-25(37)38-18-27(23(35)30-16-21-28-12-13-29-21)10-14-33(15-11-27)22(34)17-31-24(36)39-26(2,3)4;1-17(2,3)28-16(27)22-11-14(25)23-8-4-18(12-24,5-9-23)15(26)21-10-13-19-6-7-20-13;1-2-8-3-5-9(6-4-8)10-7-11/h6-9,12-13H,5,10-11,14-18H2,1-4H3,(H,28,29)(H,30,35)(H,31,36)(H,32,37);6-7,24H,4-5,8-12H2,1-3H3,(H,19,20)(H,21,26)(H,22,27);3-6H,2H2,1H3. The highest BCUT2D eigenvalue weighted by Gasteiger charge is 2.44. The number of aryl methyl sites for hydroxylation is 2. The van der Waals surface area contributed by atoms with Crippen LogP contribution in [0.2, 0.25) is 0 Å². The van der Waals surface area contributed by atoms with Gasteiger partial charge in [-0.3, -0.25) is 24.5 Å². The molecule has 424 valence electrons. The summed E-state index contributed by atoms with van der Waals surface area (Å²) in [7, 11) is 0. The number of ether oxygens (including phenoxy) is 3. The number of isocyanates is 1. The molecule has 2 aliphatic rings. The van der Waals surface area contributed by atoms with Crippen LogP contribution in [0.25, 0.3) is 0 Å². The molecule has 0 radical (unpaired) electrons. The molecule has 0 spiro atoms. The Bertz CT molecular complexity index is 2590. The second-order valence-electron chi connectivity index (χ2n) is 20.6. The summed E-state index contributed by atoms with van der Waals surface area (Å²) in [5, 5.41) is 23.1. The molecule has 0 bridgehead atoms. The number of benzene rings is 2. The van der Waals surface area contributed by atoms with E-state index >= 15 is 0 Å². The third-order valence-corrected chi connectivity index (χ3v) is 12.5. The Labute approximate surface area is 454 Å². The number of carbonyl (C=O) groups excluding carboxylic acids is 8. The Morgan fingerprint density at radius 3 is 1.45 bits per heavy atom. The number of aliphatic hydroxyl groups is 1. The summed E-state index contributed by atoms with van der Waals surface area (Å²) in [4.78, 5) is 117. The fraction of sp³-hybridized carbons (Fsp3) is 0.519. The number of aliphatic imine (C=N–C) groups is 1. The highest BCUT2D eigenvalue weighted by molar-refractivity contribution is 5.87. The highest BCUT2D eigenvalue weighted by Crippen LogP contribution is 2.34. The van der Waals surface area contributed by atoms with E-state index in [0.29, 0.717) is 49.0 Å². The Kier molecular flexibility index (Phi) is 24.0. The van der Waals surface area contributed by atoms with E-state index in [2.05, 4.69) is 58.4 Å². The number of likely N-dealkylation sites (tertiary alicyclic amines) is 2. The Hall–Kier alpha value is -8.11. The number of amides is 7. The average Bonchev–Trinajstić information content (AvgIpc) is 4.17. The maximum absolute atomic E-state index is 13.3. The molecule has 0 aliphatic carbocycles. The van der Waals surface area contributed by atoms with Gasteiger partial charge in [-0.25, -0.2) is 29.1 Å². The van der Waals surface area contributed by atoms with Gasteiger partial charge < -0.3 is 60.4 Å². The minimum atomic E-state index is -1.04. The molecule has 0 saturated carbocycles. The van der Waals surface area contributed by atoms with Crippen LogP contribution in [0.15, 0.2) is 78.3 Å². The van der Waals surface area contributed by atoms with Crippen LogP contribution < -0.4 is 26.6 Å². The summed E-state index contributed by atoms with van der Waals surface area (Å²) in [6.07, 6.45) is 9.12. The lowest BCUT2D eigenvalue weighted by Crippen LogP contribution is -2.54. The van der Waals surface area contributed by atoms with E-state index in [1.807, 2.05) is 43.3 Å². The normalized spacial score (nSPS) is 14.5.